The smallest absolute Gasteiger partial charge is 0.416 e. The van der Waals surface area contributed by atoms with E-state index in [1.54, 1.807) is 23.1 Å². The molecule has 4 atom stereocenters. The van der Waals surface area contributed by atoms with Gasteiger partial charge in [-0.25, -0.2) is 14.0 Å². The number of piperidine rings is 1. The first-order chi connectivity index (χ1) is 19.0. The molecule has 1 aliphatic carbocycles. The number of nitrogens with zero attached hydrogens (tertiary/aromatic N) is 7. The van der Waals surface area contributed by atoms with Crippen LogP contribution in [0.25, 0.3) is 11.1 Å². The van der Waals surface area contributed by atoms with Gasteiger partial charge in [-0.1, -0.05) is 11.3 Å². The number of anilines is 1. The number of carbonyl (C=O) groups is 2. The van der Waals surface area contributed by atoms with Crippen LogP contribution < -0.4 is 4.90 Å². The summed E-state index contributed by atoms with van der Waals surface area (Å²) in [5.41, 5.74) is 0.179. The Morgan fingerprint density at radius 1 is 1.15 bits per heavy atom. The van der Waals surface area contributed by atoms with Crippen molar-refractivity contribution in [3.63, 3.8) is 0 Å². The number of cyclic esters (lactones) is 1. The average Bonchev–Trinajstić information content (AvgIpc) is 3.35. The molecule has 3 aliphatic rings. The molecule has 3 fully saturated rings. The molecule has 0 spiro atoms. The van der Waals surface area contributed by atoms with Crippen LogP contribution in [0.1, 0.15) is 32.7 Å². The highest BCUT2D eigenvalue weighted by molar-refractivity contribution is 5.90. The lowest BCUT2D eigenvalue weighted by Crippen LogP contribution is -2.39. The zero-order valence-corrected chi connectivity index (χ0v) is 21.9. The summed E-state index contributed by atoms with van der Waals surface area (Å²) in [5, 5.41) is 17.1. The van der Waals surface area contributed by atoms with Gasteiger partial charge in [-0.05, 0) is 45.0 Å². The molecule has 1 aromatic carbocycles. The van der Waals surface area contributed by atoms with Gasteiger partial charge in [0.1, 0.15) is 23.0 Å². The van der Waals surface area contributed by atoms with E-state index in [4.69, 9.17) is 9.47 Å². The lowest BCUT2D eigenvalue weighted by atomic mass is 9.95. The molecule has 11 nitrogen and oxygen atoms in total. The Bertz CT molecular complexity index is 1530. The summed E-state index contributed by atoms with van der Waals surface area (Å²) in [6.07, 6.45) is 0.230. The predicted molar refractivity (Wildman–Crippen MR) is 135 cm³/mol. The lowest BCUT2D eigenvalue weighted by molar-refractivity contribution is 0.0265. The fourth-order valence-corrected chi connectivity index (χ4v) is 5.62. The van der Waals surface area contributed by atoms with Gasteiger partial charge < -0.3 is 14.4 Å². The lowest BCUT2D eigenvalue weighted by Gasteiger charge is -2.27. The minimum absolute atomic E-state index is 0.0468. The maximum Gasteiger partial charge on any atom is 0.416 e. The monoisotopic (exact) mass is 549 g/mol. The topological polar surface area (TPSA) is 126 Å². The molecule has 206 valence electrons. The molecule has 3 aromatic rings. The van der Waals surface area contributed by atoms with Crippen LogP contribution >= 0.6 is 0 Å². The van der Waals surface area contributed by atoms with Gasteiger partial charge in [0.2, 0.25) is 12.2 Å². The number of fused-ring (bicyclic) bond motifs is 1. The molecule has 2 aromatic heterocycles. The second kappa shape index (κ2) is 8.97. The van der Waals surface area contributed by atoms with E-state index in [0.717, 1.165) is 10.9 Å². The van der Waals surface area contributed by atoms with Gasteiger partial charge >= 0.3 is 12.2 Å². The van der Waals surface area contributed by atoms with Crippen molar-refractivity contribution in [3.8, 4) is 17.2 Å². The Kier molecular flexibility index (Phi) is 5.76. The summed E-state index contributed by atoms with van der Waals surface area (Å²) in [6, 6.07) is 10.1. The van der Waals surface area contributed by atoms with Crippen LogP contribution in [0.2, 0.25) is 0 Å². The fraction of sp³-hybridized carbons (Fsp3) is 0.407. The highest BCUT2D eigenvalue weighted by Crippen LogP contribution is 2.62. The molecule has 2 saturated heterocycles. The van der Waals surface area contributed by atoms with E-state index in [1.807, 2.05) is 20.8 Å². The molecule has 0 N–H and O–H groups in total. The molecular weight excluding hydrogens is 524 g/mol. The van der Waals surface area contributed by atoms with Crippen molar-refractivity contribution < 1.29 is 27.8 Å². The average molecular weight is 550 g/mol. The van der Waals surface area contributed by atoms with Gasteiger partial charge in [-0.2, -0.15) is 14.3 Å². The summed E-state index contributed by atoms with van der Waals surface area (Å²) >= 11 is 0. The molecule has 2 aliphatic heterocycles. The quantitative estimate of drug-likeness (QED) is 0.478. The number of ether oxygens (including phenoxy) is 2. The first-order valence-corrected chi connectivity index (χ1v) is 12.7. The molecule has 13 heteroatoms. The Morgan fingerprint density at radius 3 is 2.48 bits per heavy atom. The largest absolute Gasteiger partial charge is 0.444 e. The molecule has 0 bridgehead atoms. The number of likely N-dealkylation sites (tertiary alicyclic amines) is 1. The zero-order chi connectivity index (χ0) is 28.4. The van der Waals surface area contributed by atoms with E-state index in [0.29, 0.717) is 24.3 Å². The second-order valence-electron chi connectivity index (χ2n) is 11.1. The maximum absolute atomic E-state index is 15.2. The van der Waals surface area contributed by atoms with Gasteiger partial charge in [-0.15, -0.1) is 5.10 Å². The number of amides is 2. The number of benzene rings is 1. The third-order valence-electron chi connectivity index (χ3n) is 7.58. The summed E-state index contributed by atoms with van der Waals surface area (Å²) in [4.78, 5) is 32.1. The third kappa shape index (κ3) is 4.11. The highest BCUT2D eigenvalue weighted by atomic mass is 19.1. The van der Waals surface area contributed by atoms with E-state index in [-0.39, 0.29) is 29.6 Å². The zero-order valence-electron chi connectivity index (χ0n) is 21.9. The number of carbonyl (C=O) groups excluding carboxylic acids is 2. The molecule has 1 saturated carbocycles. The Hall–Kier alpha value is -4.60. The van der Waals surface area contributed by atoms with Gasteiger partial charge in [0.25, 0.3) is 0 Å². The number of nitriles is 1. The summed E-state index contributed by atoms with van der Waals surface area (Å²) < 4.78 is 40.4. The van der Waals surface area contributed by atoms with Crippen LogP contribution in [-0.4, -0.2) is 62.3 Å². The van der Waals surface area contributed by atoms with Crippen molar-refractivity contribution in [1.29, 1.82) is 5.26 Å². The van der Waals surface area contributed by atoms with E-state index in [1.165, 1.54) is 23.2 Å². The molecule has 0 radical (unpaired) electrons. The van der Waals surface area contributed by atoms with Crippen molar-refractivity contribution >= 4 is 17.9 Å². The van der Waals surface area contributed by atoms with Crippen LogP contribution in [0, 0.1) is 34.9 Å². The van der Waals surface area contributed by atoms with Gasteiger partial charge in [-0.3, -0.25) is 9.88 Å². The highest BCUT2D eigenvalue weighted by Gasteiger charge is 2.71. The Balaban J connectivity index is 1.15. The minimum atomic E-state index is -1.03. The molecule has 4 heterocycles. The SMILES string of the molecule is CC(C)(C)OC(=O)N1C[C@@H]2[C@H](C1)[C@@]2(C#N)c1ccc(-c2ccc(N3CC(n4nncc4F)OC3=O)cc2F)cn1. The van der Waals surface area contributed by atoms with Gasteiger partial charge in [0, 0.05) is 42.2 Å². The third-order valence-corrected chi connectivity index (χ3v) is 7.58. The number of aromatic nitrogens is 4. The normalized spacial score (nSPS) is 25.4. The fourth-order valence-electron chi connectivity index (χ4n) is 5.62. The number of halogens is 2. The second-order valence-corrected chi connectivity index (χ2v) is 11.1. The molecule has 6 rings (SSSR count). The molecule has 2 amide bonds. The van der Waals surface area contributed by atoms with Crippen molar-refractivity contribution in [1.82, 2.24) is 24.9 Å². The van der Waals surface area contributed by atoms with Gasteiger partial charge in [0.15, 0.2) is 0 Å². The van der Waals surface area contributed by atoms with Crippen molar-refractivity contribution in [2.24, 2.45) is 11.8 Å². The van der Waals surface area contributed by atoms with Crippen molar-refractivity contribution in [2.45, 2.75) is 38.0 Å². The van der Waals surface area contributed by atoms with Crippen molar-refractivity contribution in [2.75, 3.05) is 24.5 Å². The number of hydrogen-bond donors (Lipinski definition) is 0. The van der Waals surface area contributed by atoms with Crippen LogP contribution in [0.15, 0.2) is 42.7 Å². The Labute approximate surface area is 227 Å². The van der Waals surface area contributed by atoms with Gasteiger partial charge in [0.05, 0.1) is 24.0 Å². The van der Waals surface area contributed by atoms with Crippen LogP contribution in [0.3, 0.4) is 0 Å². The van der Waals surface area contributed by atoms with Crippen LogP contribution in [0.4, 0.5) is 24.1 Å². The van der Waals surface area contributed by atoms with Crippen LogP contribution in [0.5, 0.6) is 0 Å². The number of hydrogen-bond acceptors (Lipinski definition) is 8. The Morgan fingerprint density at radius 2 is 1.90 bits per heavy atom. The molecule has 1 unspecified atom stereocenters. The molecule has 40 heavy (non-hydrogen) atoms. The summed E-state index contributed by atoms with van der Waals surface area (Å²) in [6.45, 7) is 6.18. The summed E-state index contributed by atoms with van der Waals surface area (Å²) in [5.74, 6) is -1.45. The van der Waals surface area contributed by atoms with E-state index in [9.17, 15) is 19.2 Å². The first kappa shape index (κ1) is 25.7. The van der Waals surface area contributed by atoms with Crippen molar-refractivity contribution in [3.05, 3.63) is 60.2 Å². The first-order valence-electron chi connectivity index (χ1n) is 12.7. The standard InChI is InChI=1S/C27H25F2N7O4/c1-26(2,3)40-24(37)34-11-18-19(12-34)27(18,14-30)21-7-4-15(9-31-21)17-6-5-16(8-20(17)28)35-13-23(39-25(35)38)36-22(29)10-32-33-36/h4-10,18-19,23H,11-13H2,1-3H3/t18-,19+,23?,27+. The van der Waals surface area contributed by atoms with Crippen LogP contribution in [-0.2, 0) is 14.9 Å². The predicted octanol–water partition coefficient (Wildman–Crippen LogP) is 4.03. The maximum atomic E-state index is 15.2. The minimum Gasteiger partial charge on any atom is -0.444 e. The van der Waals surface area contributed by atoms with E-state index < -0.39 is 41.2 Å². The number of rotatable bonds is 4. The number of pyridine rings is 1. The summed E-state index contributed by atoms with van der Waals surface area (Å²) in [7, 11) is 0. The van der Waals surface area contributed by atoms with E-state index >= 15 is 4.39 Å². The molecular formula is C27H25F2N7O4. The van der Waals surface area contributed by atoms with E-state index in [2.05, 4.69) is 21.4 Å².